The maximum Gasteiger partial charge on any atom is 0.113 e. The highest BCUT2D eigenvalue weighted by Gasteiger charge is 1.88. The Morgan fingerprint density at radius 2 is 2.38 bits per heavy atom. The number of halogens is 1. The number of aromatic nitrogens is 1. The molecule has 0 atom stereocenters. The zero-order chi connectivity index (χ0) is 5.28. The number of aryl methyl sites for hydroxylation is 1. The lowest BCUT2D eigenvalue weighted by atomic mass is 10.8. The minimum atomic E-state index is 0. The van der Waals surface area contributed by atoms with Crippen LogP contribution in [0.15, 0.2) is 6.20 Å². The van der Waals surface area contributed by atoms with E-state index in [1.807, 2.05) is 6.92 Å². The van der Waals surface area contributed by atoms with Gasteiger partial charge in [-0.2, -0.15) is 0 Å². The highest BCUT2D eigenvalue weighted by molar-refractivity contribution is 7.15. The Hall–Kier alpha value is -0.120. The molecule has 0 radical (unpaired) electrons. The van der Waals surface area contributed by atoms with E-state index < -0.39 is 0 Å². The third-order valence-corrected chi connectivity index (χ3v) is 1.62. The molecule has 1 aromatic rings. The van der Waals surface area contributed by atoms with Crippen molar-refractivity contribution in [2.24, 2.45) is 0 Å². The smallest absolute Gasteiger partial charge is 0.113 e. The second-order valence-corrected chi connectivity index (χ2v) is 3.05. The van der Waals surface area contributed by atoms with Gasteiger partial charge >= 0.3 is 0 Å². The molecule has 0 saturated carbocycles. The Morgan fingerprint density at radius 3 is 2.50 bits per heavy atom. The van der Waals surface area contributed by atoms with Crippen LogP contribution in [0.2, 0.25) is 4.34 Å². The van der Waals surface area contributed by atoms with Crippen LogP contribution < -0.4 is 6.15 Å². The Bertz CT molecular complexity index is 146. The van der Waals surface area contributed by atoms with Gasteiger partial charge in [-0.05, 0) is 6.92 Å². The van der Waals surface area contributed by atoms with Gasteiger partial charge in [-0.15, -0.1) is 11.3 Å². The number of nitrogens with zero attached hydrogens (tertiary/aromatic N) is 1. The van der Waals surface area contributed by atoms with Gasteiger partial charge in [0.05, 0.1) is 11.2 Å². The van der Waals surface area contributed by atoms with E-state index in [9.17, 15) is 0 Å². The fourth-order valence-electron chi connectivity index (χ4n) is 0.335. The number of hydrogen-bond donors (Lipinski definition) is 1. The van der Waals surface area contributed by atoms with Gasteiger partial charge in [0.25, 0.3) is 0 Å². The van der Waals surface area contributed by atoms with E-state index >= 15 is 0 Å². The van der Waals surface area contributed by atoms with Gasteiger partial charge in [-0.1, -0.05) is 11.6 Å². The van der Waals surface area contributed by atoms with Gasteiger partial charge < -0.3 is 6.15 Å². The highest BCUT2D eigenvalue weighted by Crippen LogP contribution is 2.16. The molecule has 1 rings (SSSR count). The van der Waals surface area contributed by atoms with E-state index in [0.717, 1.165) is 9.34 Å². The van der Waals surface area contributed by atoms with Crippen LogP contribution in [0.3, 0.4) is 0 Å². The van der Waals surface area contributed by atoms with Crippen molar-refractivity contribution in [1.29, 1.82) is 0 Å². The lowest BCUT2D eigenvalue weighted by Gasteiger charge is -1.66. The average molecular weight is 151 g/mol. The predicted octanol–water partition coefficient (Wildman–Crippen LogP) is 2.27. The van der Waals surface area contributed by atoms with Gasteiger partial charge in [0.1, 0.15) is 4.34 Å². The van der Waals surface area contributed by atoms with Crippen molar-refractivity contribution in [3.8, 4) is 0 Å². The fourth-order valence-corrected chi connectivity index (χ4v) is 1.21. The molecule has 0 aliphatic carbocycles. The van der Waals surface area contributed by atoms with Crippen LogP contribution in [-0.4, -0.2) is 4.98 Å². The molecular weight excluding hydrogens is 144 g/mol. The van der Waals surface area contributed by atoms with Gasteiger partial charge in [0.15, 0.2) is 0 Å². The first-order valence-corrected chi connectivity index (χ1v) is 3.06. The molecule has 0 fully saturated rings. The Kier molecular flexibility index (Phi) is 2.97. The maximum atomic E-state index is 5.52. The van der Waals surface area contributed by atoms with Gasteiger partial charge in [0, 0.05) is 0 Å². The summed E-state index contributed by atoms with van der Waals surface area (Å²) in [6.07, 6.45) is 1.65. The van der Waals surface area contributed by atoms with E-state index in [1.165, 1.54) is 11.3 Å². The quantitative estimate of drug-likeness (QED) is 0.617. The molecule has 1 aromatic heterocycles. The first-order valence-electron chi connectivity index (χ1n) is 1.87. The molecule has 0 unspecified atom stereocenters. The minimum Gasteiger partial charge on any atom is -0.344 e. The second kappa shape index (κ2) is 3.02. The van der Waals surface area contributed by atoms with E-state index in [4.69, 9.17) is 11.6 Å². The summed E-state index contributed by atoms with van der Waals surface area (Å²) in [5.41, 5.74) is 0. The van der Waals surface area contributed by atoms with Crippen molar-refractivity contribution in [3.05, 3.63) is 15.5 Å². The van der Waals surface area contributed by atoms with E-state index in [2.05, 4.69) is 4.98 Å². The normalized spacial score (nSPS) is 8.25. The Balaban J connectivity index is 0.000000490. The summed E-state index contributed by atoms with van der Waals surface area (Å²) in [6.45, 7) is 1.93. The fraction of sp³-hybridized carbons (Fsp3) is 0.250. The van der Waals surface area contributed by atoms with Crippen LogP contribution in [0, 0.1) is 6.92 Å². The SMILES string of the molecule is Cc1ncc(Cl)s1.N. The first-order chi connectivity index (χ1) is 3.29. The molecule has 0 aromatic carbocycles. The molecule has 0 amide bonds. The molecule has 2 nitrogen and oxygen atoms in total. The van der Waals surface area contributed by atoms with Crippen LogP contribution in [0.25, 0.3) is 0 Å². The summed E-state index contributed by atoms with van der Waals surface area (Å²) in [7, 11) is 0. The number of rotatable bonds is 0. The van der Waals surface area contributed by atoms with E-state index in [1.54, 1.807) is 6.20 Å². The van der Waals surface area contributed by atoms with Crippen LogP contribution in [-0.2, 0) is 0 Å². The summed E-state index contributed by atoms with van der Waals surface area (Å²) < 4.78 is 0.762. The molecule has 3 N–H and O–H groups in total. The molecular formula is C4H7ClN2S. The topological polar surface area (TPSA) is 47.9 Å². The maximum absolute atomic E-state index is 5.52. The molecule has 46 valence electrons. The van der Waals surface area contributed by atoms with Crippen molar-refractivity contribution in [2.75, 3.05) is 0 Å². The number of hydrogen-bond acceptors (Lipinski definition) is 3. The van der Waals surface area contributed by atoms with E-state index in [-0.39, 0.29) is 6.15 Å². The summed E-state index contributed by atoms with van der Waals surface area (Å²) in [5, 5.41) is 1.02. The minimum absolute atomic E-state index is 0. The third kappa shape index (κ3) is 1.78. The van der Waals surface area contributed by atoms with Crippen LogP contribution in [0.1, 0.15) is 5.01 Å². The summed E-state index contributed by atoms with van der Waals surface area (Å²) in [5.74, 6) is 0. The highest BCUT2D eigenvalue weighted by atomic mass is 35.5. The second-order valence-electron chi connectivity index (χ2n) is 1.18. The van der Waals surface area contributed by atoms with E-state index in [0.29, 0.717) is 0 Å². The average Bonchev–Trinajstić information content (AvgIpc) is 1.87. The molecule has 0 bridgehead atoms. The molecule has 1 heterocycles. The van der Waals surface area contributed by atoms with Crippen LogP contribution in [0.5, 0.6) is 0 Å². The number of thiazole rings is 1. The summed E-state index contributed by atoms with van der Waals surface area (Å²) >= 11 is 7.01. The van der Waals surface area contributed by atoms with Crippen molar-refractivity contribution in [3.63, 3.8) is 0 Å². The van der Waals surface area contributed by atoms with Crippen LogP contribution >= 0.6 is 22.9 Å². The summed E-state index contributed by atoms with van der Waals surface area (Å²) in [4.78, 5) is 3.90. The van der Waals surface area contributed by atoms with Crippen molar-refractivity contribution in [1.82, 2.24) is 11.1 Å². The lowest BCUT2D eigenvalue weighted by Crippen LogP contribution is -1.56. The zero-order valence-electron chi connectivity index (χ0n) is 4.52. The summed E-state index contributed by atoms with van der Waals surface area (Å²) in [6, 6.07) is 0. The molecule has 4 heteroatoms. The molecule has 8 heavy (non-hydrogen) atoms. The Labute approximate surface area is 57.1 Å². The molecule has 0 saturated heterocycles. The standard InChI is InChI=1S/C4H4ClNS.H3N/c1-3-6-2-4(5)7-3;/h2H,1H3;1H3. The van der Waals surface area contributed by atoms with Gasteiger partial charge in [0.2, 0.25) is 0 Å². The molecule has 0 aliphatic heterocycles. The van der Waals surface area contributed by atoms with Crippen molar-refractivity contribution >= 4 is 22.9 Å². The van der Waals surface area contributed by atoms with Gasteiger partial charge in [-0.25, -0.2) is 4.98 Å². The molecule has 0 aliphatic rings. The predicted molar refractivity (Wildman–Crippen MR) is 36.9 cm³/mol. The third-order valence-electron chi connectivity index (χ3n) is 0.593. The van der Waals surface area contributed by atoms with Crippen molar-refractivity contribution in [2.45, 2.75) is 6.92 Å². The van der Waals surface area contributed by atoms with Crippen molar-refractivity contribution < 1.29 is 0 Å². The van der Waals surface area contributed by atoms with Gasteiger partial charge in [-0.3, -0.25) is 0 Å². The van der Waals surface area contributed by atoms with Crippen LogP contribution in [0.4, 0.5) is 0 Å². The molecule has 0 spiro atoms. The lowest BCUT2D eigenvalue weighted by molar-refractivity contribution is 1.30. The zero-order valence-corrected chi connectivity index (χ0v) is 6.09. The largest absolute Gasteiger partial charge is 0.344 e. The Morgan fingerprint density at radius 1 is 1.75 bits per heavy atom. The first kappa shape index (κ1) is 7.88. The monoisotopic (exact) mass is 150 g/mol.